The highest BCUT2D eigenvalue weighted by Gasteiger charge is 2.60. The van der Waals surface area contributed by atoms with Gasteiger partial charge < -0.3 is 4.74 Å². The van der Waals surface area contributed by atoms with Gasteiger partial charge in [0, 0.05) is 6.07 Å². The molecule has 1 amide bonds. The Balaban J connectivity index is 2.35. The Morgan fingerprint density at radius 2 is 2.11 bits per heavy atom. The van der Waals surface area contributed by atoms with Gasteiger partial charge in [-0.05, 0) is 26.0 Å². The number of nitriles is 1. The van der Waals surface area contributed by atoms with E-state index in [2.05, 4.69) is 0 Å². The van der Waals surface area contributed by atoms with Crippen molar-refractivity contribution >= 4 is 21.6 Å². The zero-order valence-corrected chi connectivity index (χ0v) is 11.3. The molecular formula is C12H12N2O4S. The Labute approximate surface area is 111 Å². The van der Waals surface area contributed by atoms with Crippen molar-refractivity contribution in [1.82, 2.24) is 0 Å². The fraction of sp³-hybridized carbons (Fsp3) is 0.333. The van der Waals surface area contributed by atoms with Gasteiger partial charge in [-0.15, -0.1) is 0 Å². The summed E-state index contributed by atoms with van der Waals surface area (Å²) in [6, 6.07) is 7.88. The summed E-state index contributed by atoms with van der Waals surface area (Å²) < 4.78 is 28.5. The number of ether oxygens (including phenoxy) is 1. The number of hydrogen-bond donors (Lipinski definition) is 0. The molecule has 7 heteroatoms. The molecule has 1 fully saturated rings. The normalized spacial score (nSPS) is 19.4. The molecule has 1 aromatic carbocycles. The highest BCUT2D eigenvalue weighted by Crippen LogP contribution is 2.39. The van der Waals surface area contributed by atoms with Gasteiger partial charge in [0.05, 0.1) is 5.69 Å². The van der Waals surface area contributed by atoms with E-state index in [0.29, 0.717) is 5.75 Å². The molecule has 2 rings (SSSR count). The van der Waals surface area contributed by atoms with Gasteiger partial charge in [-0.2, -0.15) is 5.26 Å². The van der Waals surface area contributed by atoms with Crippen LogP contribution < -0.4 is 9.04 Å². The number of carbonyl (C=O) groups is 1. The Morgan fingerprint density at radius 1 is 1.42 bits per heavy atom. The third-order valence-corrected chi connectivity index (χ3v) is 5.26. The minimum absolute atomic E-state index is 0.143. The molecule has 0 spiro atoms. The van der Waals surface area contributed by atoms with Gasteiger partial charge in [-0.1, -0.05) is 6.07 Å². The molecule has 0 unspecified atom stereocenters. The van der Waals surface area contributed by atoms with E-state index in [9.17, 15) is 13.2 Å². The third kappa shape index (κ3) is 1.85. The number of rotatable bonds is 3. The molecular weight excluding hydrogens is 268 g/mol. The molecule has 0 bridgehead atoms. The number of benzene rings is 1. The summed E-state index contributed by atoms with van der Waals surface area (Å²) >= 11 is 0. The summed E-state index contributed by atoms with van der Waals surface area (Å²) in [4.78, 5) is 11.9. The highest BCUT2D eigenvalue weighted by atomic mass is 32.2. The zero-order chi connectivity index (χ0) is 14.3. The number of amides is 1. The van der Waals surface area contributed by atoms with Crippen LogP contribution in [0, 0.1) is 11.3 Å². The largest absolute Gasteiger partial charge is 0.479 e. The third-order valence-electron chi connectivity index (χ3n) is 2.94. The molecule has 0 saturated carbocycles. The van der Waals surface area contributed by atoms with Crippen LogP contribution in [0.1, 0.15) is 13.8 Å². The first kappa shape index (κ1) is 13.4. The average molecular weight is 280 g/mol. The van der Waals surface area contributed by atoms with Crippen molar-refractivity contribution in [3.8, 4) is 11.8 Å². The van der Waals surface area contributed by atoms with Crippen molar-refractivity contribution in [2.45, 2.75) is 18.6 Å². The zero-order valence-electron chi connectivity index (χ0n) is 10.5. The number of hydrogen-bond acceptors (Lipinski definition) is 5. The molecule has 0 atom stereocenters. The van der Waals surface area contributed by atoms with Gasteiger partial charge in [-0.25, -0.2) is 12.7 Å². The number of anilines is 1. The lowest BCUT2D eigenvalue weighted by Crippen LogP contribution is -2.67. The second-order valence-electron chi connectivity index (χ2n) is 4.53. The van der Waals surface area contributed by atoms with Crippen LogP contribution in [0.25, 0.3) is 0 Å². The van der Waals surface area contributed by atoms with Gasteiger partial charge in [0.15, 0.2) is 11.4 Å². The average Bonchev–Trinajstić information content (AvgIpc) is 2.36. The summed E-state index contributed by atoms with van der Waals surface area (Å²) in [5.74, 6) is -0.142. The second-order valence-corrected chi connectivity index (χ2v) is 6.86. The Bertz CT molecular complexity index is 673. The van der Waals surface area contributed by atoms with Crippen LogP contribution in [0.2, 0.25) is 0 Å². The van der Waals surface area contributed by atoms with Crippen LogP contribution in [0.4, 0.5) is 5.69 Å². The minimum Gasteiger partial charge on any atom is -0.479 e. The molecule has 1 heterocycles. The van der Waals surface area contributed by atoms with E-state index in [4.69, 9.17) is 10.00 Å². The molecule has 1 aliphatic heterocycles. The SMILES string of the molecule is CC1(C)C(=O)N(c2cccc(OCC#N)c2)S1(=O)=O. The fourth-order valence-electron chi connectivity index (χ4n) is 1.72. The van der Waals surface area contributed by atoms with Gasteiger partial charge >= 0.3 is 0 Å². The van der Waals surface area contributed by atoms with Crippen LogP contribution in [0.5, 0.6) is 5.75 Å². The van der Waals surface area contributed by atoms with Crippen LogP contribution in [-0.2, 0) is 14.8 Å². The van der Waals surface area contributed by atoms with E-state index < -0.39 is 20.7 Å². The molecule has 6 nitrogen and oxygen atoms in total. The van der Waals surface area contributed by atoms with Gasteiger partial charge in [0.1, 0.15) is 11.8 Å². The first-order valence-electron chi connectivity index (χ1n) is 5.51. The van der Waals surface area contributed by atoms with Crippen LogP contribution in [-0.4, -0.2) is 25.7 Å². The van der Waals surface area contributed by atoms with Crippen LogP contribution in [0.15, 0.2) is 24.3 Å². The lowest BCUT2D eigenvalue weighted by Gasteiger charge is -2.42. The molecule has 0 aromatic heterocycles. The maximum absolute atomic E-state index is 12.0. The number of sulfonamides is 1. The summed E-state index contributed by atoms with van der Waals surface area (Å²) in [5, 5.41) is 8.42. The lowest BCUT2D eigenvalue weighted by molar-refractivity contribution is -0.120. The maximum atomic E-state index is 12.0. The van der Waals surface area contributed by atoms with Crippen molar-refractivity contribution in [2.75, 3.05) is 10.9 Å². The Morgan fingerprint density at radius 3 is 2.68 bits per heavy atom. The summed E-state index contributed by atoms with van der Waals surface area (Å²) in [5.41, 5.74) is 0.222. The van der Waals surface area contributed by atoms with Crippen molar-refractivity contribution in [3.05, 3.63) is 24.3 Å². The molecule has 1 aliphatic rings. The standard InChI is InChI=1S/C12H12N2O4S/c1-12(2)11(15)14(19(12,16)17)9-4-3-5-10(8-9)18-7-6-13/h3-5,8H,7H2,1-2H3. The van der Waals surface area contributed by atoms with Crippen molar-refractivity contribution in [2.24, 2.45) is 0 Å². The highest BCUT2D eigenvalue weighted by molar-refractivity contribution is 7.98. The van der Waals surface area contributed by atoms with E-state index in [1.54, 1.807) is 12.1 Å². The number of nitrogens with zero attached hydrogens (tertiary/aromatic N) is 2. The van der Waals surface area contributed by atoms with E-state index in [0.717, 1.165) is 4.31 Å². The Kier molecular flexibility index (Phi) is 2.98. The second kappa shape index (κ2) is 4.24. The van der Waals surface area contributed by atoms with Crippen molar-refractivity contribution < 1.29 is 17.9 Å². The first-order chi connectivity index (χ1) is 8.82. The summed E-state index contributed by atoms with van der Waals surface area (Å²) in [6.07, 6.45) is 0. The van der Waals surface area contributed by atoms with Gasteiger partial charge in [0.2, 0.25) is 0 Å². The predicted molar refractivity (Wildman–Crippen MR) is 68.0 cm³/mol. The molecule has 0 aliphatic carbocycles. The van der Waals surface area contributed by atoms with E-state index in [-0.39, 0.29) is 12.3 Å². The topological polar surface area (TPSA) is 87.5 Å². The maximum Gasteiger partial charge on any atom is 0.263 e. The minimum atomic E-state index is -3.68. The van der Waals surface area contributed by atoms with Gasteiger partial charge in [0.25, 0.3) is 15.9 Å². The van der Waals surface area contributed by atoms with E-state index >= 15 is 0 Å². The quantitative estimate of drug-likeness (QED) is 0.825. The van der Waals surface area contributed by atoms with Gasteiger partial charge in [-0.3, -0.25) is 4.79 Å². The van der Waals surface area contributed by atoms with E-state index in [1.165, 1.54) is 26.0 Å². The smallest absolute Gasteiger partial charge is 0.263 e. The predicted octanol–water partition coefficient (Wildman–Crippen LogP) is 1.04. The van der Waals surface area contributed by atoms with Crippen LogP contribution >= 0.6 is 0 Å². The molecule has 0 radical (unpaired) electrons. The van der Waals surface area contributed by atoms with E-state index in [1.807, 2.05) is 6.07 Å². The van der Waals surface area contributed by atoms with Crippen LogP contribution in [0.3, 0.4) is 0 Å². The molecule has 19 heavy (non-hydrogen) atoms. The van der Waals surface area contributed by atoms with Crippen molar-refractivity contribution in [3.63, 3.8) is 0 Å². The molecule has 0 N–H and O–H groups in total. The molecule has 100 valence electrons. The first-order valence-corrected chi connectivity index (χ1v) is 6.95. The monoisotopic (exact) mass is 280 g/mol. The molecule has 1 aromatic rings. The summed E-state index contributed by atoms with van der Waals surface area (Å²) in [7, 11) is -3.68. The number of carbonyl (C=O) groups excluding carboxylic acids is 1. The summed E-state index contributed by atoms with van der Waals surface area (Å²) in [6.45, 7) is 2.60. The lowest BCUT2D eigenvalue weighted by atomic mass is 10.1. The molecule has 1 saturated heterocycles. The Hall–Kier alpha value is -2.07. The van der Waals surface area contributed by atoms with Crippen molar-refractivity contribution in [1.29, 1.82) is 5.26 Å². The fourth-order valence-corrected chi connectivity index (χ4v) is 3.20.